The number of carbonyl (C=O) groups is 3. The first-order chi connectivity index (χ1) is 21.4. The highest BCUT2D eigenvalue weighted by Gasteiger charge is 2.55. The van der Waals surface area contributed by atoms with Crippen LogP contribution in [-0.4, -0.2) is 68.0 Å². The Morgan fingerprint density at radius 1 is 1.09 bits per heavy atom. The molecule has 3 fully saturated rings. The fraction of sp³-hybridized carbons (Fsp3) is 0.545. The summed E-state index contributed by atoms with van der Waals surface area (Å²) in [5.74, 6) is -1.00. The van der Waals surface area contributed by atoms with E-state index < -0.39 is 17.8 Å². The van der Waals surface area contributed by atoms with E-state index in [1.54, 1.807) is 0 Å². The Morgan fingerprint density at radius 2 is 1.78 bits per heavy atom. The summed E-state index contributed by atoms with van der Waals surface area (Å²) >= 11 is 1.90. The second-order valence-electron chi connectivity index (χ2n) is 13.0. The van der Waals surface area contributed by atoms with Gasteiger partial charge in [-0.15, -0.1) is 5.48 Å². The summed E-state index contributed by atoms with van der Waals surface area (Å²) in [5.41, 5.74) is 11.7. The minimum atomic E-state index is -0.867. The van der Waals surface area contributed by atoms with E-state index in [2.05, 4.69) is 46.8 Å². The maximum Gasteiger partial charge on any atom is 0.303 e. The molecule has 6 rings (SSSR count). The molecule has 7 atom stereocenters. The molecule has 0 aliphatic carbocycles. The first-order valence-corrected chi connectivity index (χ1v) is 16.8. The molecule has 12 heteroatoms. The lowest BCUT2D eigenvalue weighted by molar-refractivity contribution is -0.138. The molecule has 7 N–H and O–H groups in total. The molecule has 5 aliphatic heterocycles. The number of carbonyl (C=O) groups excluding carboxylic acids is 1. The van der Waals surface area contributed by atoms with Crippen LogP contribution in [0.4, 0.5) is 0 Å². The molecular formula is C33H43N5O6S. The number of hydrogen-bond donors (Lipinski definition) is 7. The lowest BCUT2D eigenvalue weighted by atomic mass is 9.86. The number of nitrogens with one attached hydrogen (secondary N) is 5. The largest absolute Gasteiger partial charge is 0.481 e. The molecule has 45 heavy (non-hydrogen) atoms. The van der Waals surface area contributed by atoms with E-state index in [0.29, 0.717) is 24.5 Å². The number of aromatic nitrogens is 1. The molecule has 1 spiro atoms. The lowest BCUT2D eigenvalue weighted by Crippen LogP contribution is -2.41. The van der Waals surface area contributed by atoms with E-state index in [-0.39, 0.29) is 48.7 Å². The average Bonchev–Trinajstić information content (AvgIpc) is 3.87. The number of thioether (sulfide) groups is 1. The number of amides is 1. The molecular weight excluding hydrogens is 594 g/mol. The van der Waals surface area contributed by atoms with Crippen LogP contribution in [0.25, 0.3) is 6.08 Å². The van der Waals surface area contributed by atoms with E-state index in [4.69, 9.17) is 4.84 Å². The summed E-state index contributed by atoms with van der Waals surface area (Å²) in [6.07, 6.45) is 5.92. The predicted octanol–water partition coefficient (Wildman–Crippen LogP) is 3.30. The van der Waals surface area contributed by atoms with Crippen LogP contribution < -0.4 is 21.4 Å². The second kappa shape index (κ2) is 12.1. The zero-order valence-corrected chi connectivity index (χ0v) is 27.0. The van der Waals surface area contributed by atoms with Crippen molar-refractivity contribution in [3.05, 3.63) is 63.2 Å². The second-order valence-corrected chi connectivity index (χ2v) is 14.3. The lowest BCUT2D eigenvalue weighted by Gasteiger charge is -2.20. The normalized spacial score (nSPS) is 32.9. The number of carboxylic acids is 2. The Morgan fingerprint density at radius 3 is 2.38 bits per heavy atom. The fourth-order valence-corrected chi connectivity index (χ4v) is 8.55. The van der Waals surface area contributed by atoms with E-state index in [0.717, 1.165) is 62.7 Å². The van der Waals surface area contributed by atoms with Crippen LogP contribution in [0.5, 0.6) is 0 Å². The van der Waals surface area contributed by atoms with Gasteiger partial charge in [-0.3, -0.25) is 24.5 Å². The van der Waals surface area contributed by atoms with Gasteiger partial charge in [0.05, 0.1) is 0 Å². The van der Waals surface area contributed by atoms with Gasteiger partial charge in [0.25, 0.3) is 0 Å². The maximum absolute atomic E-state index is 12.6. The molecule has 242 valence electrons. The van der Waals surface area contributed by atoms with Crippen molar-refractivity contribution in [3.8, 4) is 0 Å². The summed E-state index contributed by atoms with van der Waals surface area (Å²) in [5, 5.41) is 30.0. The Labute approximate surface area is 267 Å². The van der Waals surface area contributed by atoms with Gasteiger partial charge < -0.3 is 25.8 Å². The summed E-state index contributed by atoms with van der Waals surface area (Å²) in [6, 6.07) is -0.00570. The summed E-state index contributed by atoms with van der Waals surface area (Å²) in [6.45, 7) is 12.1. The van der Waals surface area contributed by atoms with Crippen LogP contribution in [0.15, 0.2) is 40.6 Å². The Bertz CT molecular complexity index is 1530. The van der Waals surface area contributed by atoms with Crippen molar-refractivity contribution in [3.63, 3.8) is 0 Å². The number of allylic oxidation sites excluding steroid dienone is 1. The molecule has 0 saturated carbocycles. The Kier molecular flexibility index (Phi) is 8.53. The average molecular weight is 638 g/mol. The van der Waals surface area contributed by atoms with Gasteiger partial charge in [-0.2, -0.15) is 11.8 Å². The highest BCUT2D eigenvalue weighted by atomic mass is 32.2. The minimum absolute atomic E-state index is 0.00150. The van der Waals surface area contributed by atoms with E-state index in [1.165, 1.54) is 0 Å². The van der Waals surface area contributed by atoms with Crippen molar-refractivity contribution in [2.24, 2.45) is 11.8 Å². The van der Waals surface area contributed by atoms with Gasteiger partial charge in [0.1, 0.15) is 0 Å². The molecule has 3 saturated heterocycles. The number of aliphatic carboxylic acids is 2. The number of H-pyrrole nitrogens is 1. The molecule has 1 aromatic heterocycles. The zero-order valence-electron chi connectivity index (χ0n) is 26.2. The van der Waals surface area contributed by atoms with Crippen LogP contribution in [0.1, 0.15) is 69.0 Å². The Balaban J connectivity index is 1.30. The summed E-state index contributed by atoms with van der Waals surface area (Å²) < 4.78 is 0. The zero-order chi connectivity index (χ0) is 32.2. The van der Waals surface area contributed by atoms with Gasteiger partial charge in [-0.05, 0) is 74.0 Å². The van der Waals surface area contributed by atoms with Crippen molar-refractivity contribution in [2.45, 2.75) is 95.4 Å². The molecule has 2 unspecified atom stereocenters. The third kappa shape index (κ3) is 6.13. The molecule has 5 aliphatic rings. The highest BCUT2D eigenvalue weighted by molar-refractivity contribution is 8.06. The number of rotatable bonds is 13. The number of carboxylic acid groups (broad SMARTS) is 2. The number of hydroxylamine groups is 1. The van der Waals surface area contributed by atoms with Crippen molar-refractivity contribution < 1.29 is 29.4 Å². The van der Waals surface area contributed by atoms with Crippen molar-refractivity contribution >= 4 is 35.7 Å². The van der Waals surface area contributed by atoms with Crippen LogP contribution in [-0.2, 0) is 32.1 Å². The van der Waals surface area contributed by atoms with Crippen molar-refractivity contribution in [1.29, 1.82) is 0 Å². The molecule has 1 amide bonds. The van der Waals surface area contributed by atoms with Gasteiger partial charge in [0, 0.05) is 82.9 Å². The smallest absolute Gasteiger partial charge is 0.303 e. The van der Waals surface area contributed by atoms with Crippen LogP contribution in [0, 0.1) is 18.8 Å². The summed E-state index contributed by atoms with van der Waals surface area (Å²) in [4.78, 5) is 45.0. The quantitative estimate of drug-likeness (QED) is 0.159. The SMILES string of the molecule is C=CC1=C(C)[C@@H](CC2N/C(=C\c3[nH]c(CC4NC(=O)[C@H](C)[C@H]4[C@H]4CS4)c(C)c3CCC(=O)O)C(CCC(=O)O)=C2C)N[C@@]12NO2. The molecule has 6 heterocycles. The number of hydrogen-bond acceptors (Lipinski definition) is 8. The van der Waals surface area contributed by atoms with Gasteiger partial charge in [-0.1, -0.05) is 19.6 Å². The van der Waals surface area contributed by atoms with E-state index in [1.807, 2.05) is 37.8 Å². The maximum atomic E-state index is 12.6. The molecule has 0 aromatic carbocycles. The van der Waals surface area contributed by atoms with Gasteiger partial charge >= 0.3 is 11.9 Å². The molecule has 1 aromatic rings. The van der Waals surface area contributed by atoms with E-state index >= 15 is 0 Å². The Hall–Kier alpha value is -3.32. The third-order valence-electron chi connectivity index (χ3n) is 10.3. The predicted molar refractivity (Wildman–Crippen MR) is 172 cm³/mol. The van der Waals surface area contributed by atoms with Gasteiger partial charge in [0.15, 0.2) is 0 Å². The third-order valence-corrected chi connectivity index (χ3v) is 11.4. The van der Waals surface area contributed by atoms with Gasteiger partial charge in [-0.25, -0.2) is 0 Å². The molecule has 11 nitrogen and oxygen atoms in total. The monoisotopic (exact) mass is 637 g/mol. The first-order valence-electron chi connectivity index (χ1n) is 15.7. The van der Waals surface area contributed by atoms with Crippen LogP contribution >= 0.6 is 11.8 Å². The fourth-order valence-electron chi connectivity index (χ4n) is 7.57. The van der Waals surface area contributed by atoms with Gasteiger partial charge in [0.2, 0.25) is 11.8 Å². The van der Waals surface area contributed by atoms with Crippen LogP contribution in [0.2, 0.25) is 0 Å². The molecule has 0 radical (unpaired) electrons. The molecule has 0 bridgehead atoms. The van der Waals surface area contributed by atoms with Crippen molar-refractivity contribution in [1.82, 2.24) is 26.4 Å². The van der Waals surface area contributed by atoms with Crippen molar-refractivity contribution in [2.75, 3.05) is 5.75 Å². The number of aromatic amines is 1. The standard InChI is InChI=1S/C33H43N5O6S/c1-6-21-17(4)24(37-33(21)38-44-33)11-22-15(2)19(7-9-29(39)40)25(34-22)13-26-20(8-10-30(41)42)16(3)23(35-26)12-27-31(28-14-45-28)18(5)32(43)36-27/h6,13,18,22,24,27-28,31,34-35,37-38H,1,7-12,14H2,2-5H3,(H,36,43)(H,39,40)(H,41,42)/b25-13-/t18-,22?,24-,27?,28-,31-,33-/m1/s1. The first kappa shape index (κ1) is 31.7. The minimum Gasteiger partial charge on any atom is -0.481 e. The topological polar surface area (TPSA) is 178 Å². The summed E-state index contributed by atoms with van der Waals surface area (Å²) in [7, 11) is 0. The van der Waals surface area contributed by atoms with E-state index in [9.17, 15) is 24.6 Å². The highest BCUT2D eigenvalue weighted by Crippen LogP contribution is 2.45. The van der Waals surface area contributed by atoms with Crippen LogP contribution in [0.3, 0.4) is 0 Å².